The summed E-state index contributed by atoms with van der Waals surface area (Å²) in [4.78, 5) is 3.92. The number of rotatable bonds is 10. The Balaban J connectivity index is 2.00. The van der Waals surface area contributed by atoms with Crippen LogP contribution in [0.25, 0.3) is 0 Å². The maximum absolute atomic E-state index is 12.4. The van der Waals surface area contributed by atoms with Gasteiger partial charge in [0, 0.05) is 19.6 Å². The van der Waals surface area contributed by atoms with E-state index < -0.39 is 10.2 Å². The Morgan fingerprint density at radius 1 is 1.17 bits per heavy atom. The van der Waals surface area contributed by atoms with Gasteiger partial charge in [-0.05, 0) is 24.0 Å². The van der Waals surface area contributed by atoms with Crippen LogP contribution >= 0.6 is 0 Å². The van der Waals surface area contributed by atoms with Gasteiger partial charge in [0.1, 0.15) is 12.7 Å². The molecule has 0 aliphatic carbocycles. The SMILES string of the molecule is CCCN(CCC)S(=O)(=O)NCc1cccc(Cn2cncn2)c1. The molecule has 2 aromatic rings. The van der Waals surface area contributed by atoms with Gasteiger partial charge in [-0.2, -0.15) is 22.5 Å². The van der Waals surface area contributed by atoms with Crippen molar-refractivity contribution in [3.63, 3.8) is 0 Å². The fourth-order valence-corrected chi connectivity index (χ4v) is 3.83. The van der Waals surface area contributed by atoms with Crippen molar-refractivity contribution in [2.75, 3.05) is 13.1 Å². The lowest BCUT2D eigenvalue weighted by Gasteiger charge is -2.21. The average Bonchev–Trinajstić information content (AvgIpc) is 3.06. The second kappa shape index (κ2) is 8.91. The van der Waals surface area contributed by atoms with Crippen LogP contribution in [0, 0.1) is 0 Å². The monoisotopic (exact) mass is 351 g/mol. The molecule has 0 saturated carbocycles. The van der Waals surface area contributed by atoms with Gasteiger partial charge in [0.2, 0.25) is 0 Å². The smallest absolute Gasteiger partial charge is 0.249 e. The molecule has 24 heavy (non-hydrogen) atoms. The zero-order valence-electron chi connectivity index (χ0n) is 14.2. The topological polar surface area (TPSA) is 80.1 Å². The molecular weight excluding hydrogens is 326 g/mol. The Labute approximate surface area is 143 Å². The molecule has 0 spiro atoms. The summed E-state index contributed by atoms with van der Waals surface area (Å²) in [6.45, 7) is 5.92. The molecule has 0 fully saturated rings. The molecule has 2 rings (SSSR count). The van der Waals surface area contributed by atoms with Crippen LogP contribution in [0.4, 0.5) is 0 Å². The van der Waals surface area contributed by atoms with E-state index in [1.54, 1.807) is 11.0 Å². The fraction of sp³-hybridized carbons (Fsp3) is 0.500. The zero-order chi connectivity index (χ0) is 17.4. The highest BCUT2D eigenvalue weighted by atomic mass is 32.2. The second-order valence-corrected chi connectivity index (χ2v) is 7.39. The lowest BCUT2D eigenvalue weighted by atomic mass is 10.1. The largest absolute Gasteiger partial charge is 0.279 e. The molecule has 0 bridgehead atoms. The van der Waals surface area contributed by atoms with E-state index in [1.807, 2.05) is 38.1 Å². The third kappa shape index (κ3) is 5.40. The molecule has 0 aliphatic heterocycles. The number of nitrogens with zero attached hydrogens (tertiary/aromatic N) is 4. The summed E-state index contributed by atoms with van der Waals surface area (Å²) in [5, 5.41) is 4.08. The Kier molecular flexibility index (Phi) is 6.89. The van der Waals surface area contributed by atoms with Gasteiger partial charge in [-0.15, -0.1) is 0 Å². The highest BCUT2D eigenvalue weighted by Gasteiger charge is 2.19. The van der Waals surface area contributed by atoms with Crippen molar-refractivity contribution in [3.05, 3.63) is 48.0 Å². The van der Waals surface area contributed by atoms with E-state index in [0.29, 0.717) is 19.6 Å². The van der Waals surface area contributed by atoms with Crippen LogP contribution < -0.4 is 4.72 Å². The maximum Gasteiger partial charge on any atom is 0.279 e. The minimum atomic E-state index is -3.45. The van der Waals surface area contributed by atoms with Crippen molar-refractivity contribution >= 4 is 10.2 Å². The van der Waals surface area contributed by atoms with Gasteiger partial charge >= 0.3 is 0 Å². The van der Waals surface area contributed by atoms with E-state index in [9.17, 15) is 8.42 Å². The molecule has 7 nitrogen and oxygen atoms in total. The van der Waals surface area contributed by atoms with Crippen LogP contribution in [0.2, 0.25) is 0 Å². The van der Waals surface area contributed by atoms with Gasteiger partial charge in [0.15, 0.2) is 0 Å². The van der Waals surface area contributed by atoms with E-state index in [4.69, 9.17) is 0 Å². The third-order valence-corrected chi connectivity index (χ3v) is 5.10. The normalized spacial score (nSPS) is 12.0. The van der Waals surface area contributed by atoms with Crippen LogP contribution in [0.3, 0.4) is 0 Å². The first-order valence-corrected chi connectivity index (χ1v) is 9.64. The van der Waals surface area contributed by atoms with Crippen molar-refractivity contribution in [2.24, 2.45) is 0 Å². The van der Waals surface area contributed by atoms with Crippen LogP contribution in [-0.4, -0.2) is 40.6 Å². The summed E-state index contributed by atoms with van der Waals surface area (Å²) in [5.41, 5.74) is 1.97. The van der Waals surface area contributed by atoms with Crippen molar-refractivity contribution in [2.45, 2.75) is 39.8 Å². The first kappa shape index (κ1) is 18.6. The predicted octanol–water partition coefficient (Wildman–Crippen LogP) is 1.78. The number of benzene rings is 1. The fourth-order valence-electron chi connectivity index (χ4n) is 2.46. The summed E-state index contributed by atoms with van der Waals surface area (Å²) >= 11 is 0. The van der Waals surface area contributed by atoms with Gasteiger partial charge in [0.05, 0.1) is 6.54 Å². The molecule has 0 aliphatic rings. The quantitative estimate of drug-likeness (QED) is 0.707. The second-order valence-electron chi connectivity index (χ2n) is 5.64. The zero-order valence-corrected chi connectivity index (χ0v) is 15.0. The summed E-state index contributed by atoms with van der Waals surface area (Å²) in [7, 11) is -3.45. The summed E-state index contributed by atoms with van der Waals surface area (Å²) in [6, 6.07) is 7.80. The van der Waals surface area contributed by atoms with Crippen LogP contribution in [0.1, 0.15) is 37.8 Å². The molecule has 8 heteroatoms. The molecule has 0 radical (unpaired) electrons. The van der Waals surface area contributed by atoms with Gasteiger partial charge < -0.3 is 0 Å². The Morgan fingerprint density at radius 2 is 1.88 bits per heavy atom. The Bertz CT molecular complexity index is 710. The van der Waals surface area contributed by atoms with Gasteiger partial charge in [0.25, 0.3) is 10.2 Å². The van der Waals surface area contributed by atoms with Crippen molar-refractivity contribution in [1.29, 1.82) is 0 Å². The lowest BCUT2D eigenvalue weighted by molar-refractivity contribution is 0.401. The minimum Gasteiger partial charge on any atom is -0.249 e. The van der Waals surface area contributed by atoms with Gasteiger partial charge in [-0.25, -0.2) is 9.67 Å². The third-order valence-electron chi connectivity index (χ3n) is 3.55. The van der Waals surface area contributed by atoms with Crippen LogP contribution in [0.5, 0.6) is 0 Å². The summed E-state index contributed by atoms with van der Waals surface area (Å²) < 4.78 is 30.8. The molecule has 1 heterocycles. The maximum atomic E-state index is 12.4. The van der Waals surface area contributed by atoms with Crippen molar-refractivity contribution in [3.8, 4) is 0 Å². The van der Waals surface area contributed by atoms with Crippen LogP contribution in [-0.2, 0) is 23.3 Å². The molecule has 0 saturated heterocycles. The number of hydrogen-bond donors (Lipinski definition) is 1. The molecule has 0 unspecified atom stereocenters. The van der Waals surface area contributed by atoms with Gasteiger partial charge in [-0.3, -0.25) is 0 Å². The molecule has 1 aromatic carbocycles. The van der Waals surface area contributed by atoms with Crippen LogP contribution in [0.15, 0.2) is 36.9 Å². The lowest BCUT2D eigenvalue weighted by Crippen LogP contribution is -2.41. The standard InChI is InChI=1S/C16H25N5O2S/c1-3-8-21(9-4-2)24(22,23)19-11-15-6-5-7-16(10-15)12-20-14-17-13-18-20/h5-7,10,13-14,19H,3-4,8-9,11-12H2,1-2H3. The Hall–Kier alpha value is -1.77. The number of nitrogens with one attached hydrogen (secondary N) is 1. The van der Waals surface area contributed by atoms with E-state index in [2.05, 4.69) is 14.8 Å². The highest BCUT2D eigenvalue weighted by Crippen LogP contribution is 2.08. The minimum absolute atomic E-state index is 0.275. The van der Waals surface area contributed by atoms with Crippen molar-refractivity contribution in [1.82, 2.24) is 23.8 Å². The van der Waals surface area contributed by atoms with Gasteiger partial charge in [-0.1, -0.05) is 38.1 Å². The summed E-state index contributed by atoms with van der Waals surface area (Å²) in [6.07, 6.45) is 4.75. The molecule has 0 atom stereocenters. The van der Waals surface area contributed by atoms with E-state index >= 15 is 0 Å². The van der Waals surface area contributed by atoms with E-state index in [1.165, 1.54) is 10.6 Å². The first-order chi connectivity index (χ1) is 11.5. The van der Waals surface area contributed by atoms with E-state index in [-0.39, 0.29) is 6.54 Å². The highest BCUT2D eigenvalue weighted by molar-refractivity contribution is 7.87. The molecule has 0 amide bonds. The van der Waals surface area contributed by atoms with E-state index in [0.717, 1.165) is 24.0 Å². The molecule has 1 aromatic heterocycles. The van der Waals surface area contributed by atoms with Crippen molar-refractivity contribution < 1.29 is 8.42 Å². The molecular formula is C16H25N5O2S. The predicted molar refractivity (Wildman–Crippen MR) is 93.5 cm³/mol. The Morgan fingerprint density at radius 3 is 2.50 bits per heavy atom. The molecule has 132 valence electrons. The number of hydrogen-bond acceptors (Lipinski definition) is 4. The molecule has 1 N–H and O–H groups in total. The summed E-state index contributed by atoms with van der Waals surface area (Å²) in [5.74, 6) is 0. The number of aromatic nitrogens is 3. The average molecular weight is 351 g/mol. The first-order valence-electron chi connectivity index (χ1n) is 8.20.